The van der Waals surface area contributed by atoms with Crippen LogP contribution in [0.4, 0.5) is 4.79 Å². The summed E-state index contributed by atoms with van der Waals surface area (Å²) in [5, 5.41) is 10.4. The summed E-state index contributed by atoms with van der Waals surface area (Å²) in [6.45, 7) is 0.611. The lowest BCUT2D eigenvalue weighted by Crippen LogP contribution is -2.26. The van der Waals surface area contributed by atoms with E-state index in [2.05, 4.69) is 29.6 Å². The third-order valence-corrected chi connectivity index (χ3v) is 5.26. The van der Waals surface area contributed by atoms with Crippen LogP contribution in [0.25, 0.3) is 17.2 Å². The second-order valence-corrected chi connectivity index (χ2v) is 7.11. The van der Waals surface area contributed by atoms with E-state index in [1.165, 1.54) is 22.3 Å². The Kier molecular flexibility index (Phi) is 5.61. The Labute approximate surface area is 175 Å². The van der Waals surface area contributed by atoms with Gasteiger partial charge in [0.15, 0.2) is 0 Å². The third-order valence-electron chi connectivity index (χ3n) is 5.26. The summed E-state index contributed by atoms with van der Waals surface area (Å²) in [4.78, 5) is 12.2. The first kappa shape index (κ1) is 19.5. The zero-order valence-corrected chi connectivity index (χ0v) is 16.5. The van der Waals surface area contributed by atoms with Gasteiger partial charge in [-0.2, -0.15) is 0 Å². The van der Waals surface area contributed by atoms with Gasteiger partial charge in [0.2, 0.25) is 0 Å². The molecule has 0 atom stereocenters. The predicted molar refractivity (Wildman–Crippen MR) is 120 cm³/mol. The van der Waals surface area contributed by atoms with Crippen LogP contribution in [0.5, 0.6) is 0 Å². The number of ether oxygens (including phenoxy) is 1. The smallest absolute Gasteiger partial charge is 0.407 e. The molecule has 1 aliphatic carbocycles. The largest absolute Gasteiger partial charge is 0.449 e. The van der Waals surface area contributed by atoms with Crippen LogP contribution in [0.3, 0.4) is 0 Å². The maximum atomic E-state index is 12.2. The molecule has 0 radical (unpaired) electrons. The van der Waals surface area contributed by atoms with Gasteiger partial charge in [-0.25, -0.2) is 4.79 Å². The normalized spacial score (nSPS) is 12.4. The standard InChI is InChI=1S/C25H23N3O2/c26-24(27)18-10-2-1-8-17(18)9-7-15-28-25(29)30-16-23-21-13-5-3-11-19(21)20-12-4-6-14-22(20)23/h1-14,23H,15-16H2,(H3,26,27)(H,28,29). The van der Waals surface area contributed by atoms with Crippen LogP contribution in [0.15, 0.2) is 78.9 Å². The zero-order valence-electron chi connectivity index (χ0n) is 16.5. The molecule has 1 aliphatic rings. The lowest BCUT2D eigenvalue weighted by molar-refractivity contribution is 0.144. The van der Waals surface area contributed by atoms with E-state index in [1.807, 2.05) is 54.6 Å². The van der Waals surface area contributed by atoms with Crippen LogP contribution >= 0.6 is 0 Å². The van der Waals surface area contributed by atoms with Crippen molar-refractivity contribution >= 4 is 18.0 Å². The Morgan fingerprint density at radius 1 is 0.967 bits per heavy atom. The van der Waals surface area contributed by atoms with Gasteiger partial charge < -0.3 is 15.8 Å². The van der Waals surface area contributed by atoms with E-state index < -0.39 is 6.09 Å². The molecule has 4 N–H and O–H groups in total. The molecule has 4 rings (SSSR count). The summed E-state index contributed by atoms with van der Waals surface area (Å²) < 4.78 is 5.52. The van der Waals surface area contributed by atoms with E-state index in [4.69, 9.17) is 15.9 Å². The molecule has 3 aromatic carbocycles. The predicted octanol–water partition coefficient (Wildman–Crippen LogP) is 4.52. The number of amides is 1. The van der Waals surface area contributed by atoms with E-state index in [1.54, 1.807) is 6.07 Å². The van der Waals surface area contributed by atoms with Crippen LogP contribution in [-0.4, -0.2) is 25.1 Å². The Bertz CT molecular complexity index is 1080. The molecule has 0 aromatic heterocycles. The average Bonchev–Trinajstić information content (AvgIpc) is 3.09. The number of amidine groups is 1. The highest BCUT2D eigenvalue weighted by molar-refractivity contribution is 5.98. The Hall–Kier alpha value is -3.86. The molecule has 0 saturated heterocycles. The number of nitrogens with one attached hydrogen (secondary N) is 2. The summed E-state index contributed by atoms with van der Waals surface area (Å²) in [7, 11) is 0. The van der Waals surface area contributed by atoms with E-state index in [9.17, 15) is 4.79 Å². The number of rotatable bonds is 6. The second kappa shape index (κ2) is 8.66. The average molecular weight is 397 g/mol. The van der Waals surface area contributed by atoms with Crippen molar-refractivity contribution in [3.63, 3.8) is 0 Å². The van der Waals surface area contributed by atoms with E-state index in [0.717, 1.165) is 5.56 Å². The first-order valence-electron chi connectivity index (χ1n) is 9.84. The highest BCUT2D eigenvalue weighted by Crippen LogP contribution is 2.44. The SMILES string of the molecule is N=C(N)c1ccccc1C=CCNC(=O)OCC1c2ccccc2-c2ccccc21. The summed E-state index contributed by atoms with van der Waals surface area (Å²) in [6.07, 6.45) is 3.19. The maximum Gasteiger partial charge on any atom is 0.407 e. The van der Waals surface area contributed by atoms with Crippen molar-refractivity contribution in [3.05, 3.63) is 101 Å². The van der Waals surface area contributed by atoms with Gasteiger partial charge in [-0.05, 0) is 27.8 Å². The molecule has 0 bridgehead atoms. The number of nitrogen functional groups attached to an aromatic ring is 1. The number of fused-ring (bicyclic) bond motifs is 3. The van der Waals surface area contributed by atoms with Crippen molar-refractivity contribution in [2.24, 2.45) is 5.73 Å². The van der Waals surface area contributed by atoms with Crippen molar-refractivity contribution < 1.29 is 9.53 Å². The molecule has 5 nitrogen and oxygen atoms in total. The zero-order chi connectivity index (χ0) is 20.9. The fourth-order valence-electron chi connectivity index (χ4n) is 3.87. The highest BCUT2D eigenvalue weighted by Gasteiger charge is 2.28. The van der Waals surface area contributed by atoms with Crippen LogP contribution < -0.4 is 11.1 Å². The molecule has 0 saturated carbocycles. The second-order valence-electron chi connectivity index (χ2n) is 7.11. The van der Waals surface area contributed by atoms with E-state index >= 15 is 0 Å². The minimum Gasteiger partial charge on any atom is -0.449 e. The van der Waals surface area contributed by atoms with Crippen LogP contribution in [0.1, 0.15) is 28.2 Å². The number of carbonyl (C=O) groups is 1. The van der Waals surface area contributed by atoms with Gasteiger partial charge in [0.1, 0.15) is 12.4 Å². The fourth-order valence-corrected chi connectivity index (χ4v) is 3.87. The molecule has 5 heteroatoms. The highest BCUT2D eigenvalue weighted by atomic mass is 16.5. The molecule has 0 unspecified atom stereocenters. The molecular formula is C25H23N3O2. The molecule has 1 amide bonds. The number of carbonyl (C=O) groups excluding carboxylic acids is 1. The molecule has 3 aromatic rings. The quantitative estimate of drug-likeness (QED) is 0.422. The lowest BCUT2D eigenvalue weighted by Gasteiger charge is -2.14. The third kappa shape index (κ3) is 3.96. The van der Waals surface area contributed by atoms with Crippen LogP contribution in [-0.2, 0) is 4.74 Å². The number of hydrogen-bond donors (Lipinski definition) is 3. The van der Waals surface area contributed by atoms with Gasteiger partial charge in [0, 0.05) is 18.0 Å². The topological polar surface area (TPSA) is 88.2 Å². The van der Waals surface area contributed by atoms with Crippen molar-refractivity contribution in [3.8, 4) is 11.1 Å². The Morgan fingerprint density at radius 3 is 2.23 bits per heavy atom. The summed E-state index contributed by atoms with van der Waals surface area (Å²) in [6, 6.07) is 23.9. The summed E-state index contributed by atoms with van der Waals surface area (Å²) in [5.74, 6) is 0.0564. The number of nitrogens with two attached hydrogens (primary N) is 1. The minimum absolute atomic E-state index is 0.0137. The van der Waals surface area contributed by atoms with Crippen LogP contribution in [0.2, 0.25) is 0 Å². The molecular weight excluding hydrogens is 374 g/mol. The molecule has 150 valence electrons. The van der Waals surface area contributed by atoms with Gasteiger partial charge in [-0.1, -0.05) is 84.9 Å². The molecule has 0 spiro atoms. The van der Waals surface area contributed by atoms with Crippen molar-refractivity contribution in [2.45, 2.75) is 5.92 Å². The Morgan fingerprint density at radius 2 is 1.57 bits per heavy atom. The molecule has 0 aliphatic heterocycles. The number of alkyl carbamates (subject to hydrolysis) is 1. The van der Waals surface area contributed by atoms with Crippen LogP contribution in [0, 0.1) is 5.41 Å². The number of benzene rings is 3. The van der Waals surface area contributed by atoms with Gasteiger partial charge in [0.25, 0.3) is 0 Å². The number of hydrogen-bond acceptors (Lipinski definition) is 3. The lowest BCUT2D eigenvalue weighted by atomic mass is 9.98. The summed E-state index contributed by atoms with van der Waals surface area (Å²) >= 11 is 0. The minimum atomic E-state index is -0.457. The van der Waals surface area contributed by atoms with Crippen molar-refractivity contribution in [2.75, 3.05) is 13.2 Å². The van der Waals surface area contributed by atoms with Gasteiger partial charge >= 0.3 is 6.09 Å². The molecule has 0 fully saturated rings. The first-order valence-corrected chi connectivity index (χ1v) is 9.84. The molecule has 30 heavy (non-hydrogen) atoms. The monoisotopic (exact) mass is 397 g/mol. The van der Waals surface area contributed by atoms with Crippen molar-refractivity contribution in [1.29, 1.82) is 5.41 Å². The Balaban J connectivity index is 1.34. The van der Waals surface area contributed by atoms with Gasteiger partial charge in [0.05, 0.1) is 0 Å². The first-order chi connectivity index (χ1) is 14.6. The van der Waals surface area contributed by atoms with E-state index in [-0.39, 0.29) is 18.4 Å². The van der Waals surface area contributed by atoms with Gasteiger partial charge in [-0.15, -0.1) is 0 Å². The molecule has 0 heterocycles. The van der Waals surface area contributed by atoms with E-state index in [0.29, 0.717) is 12.1 Å². The van der Waals surface area contributed by atoms with Crippen molar-refractivity contribution in [1.82, 2.24) is 5.32 Å². The fraction of sp³-hybridized carbons (Fsp3) is 0.120. The maximum absolute atomic E-state index is 12.2. The van der Waals surface area contributed by atoms with Gasteiger partial charge in [-0.3, -0.25) is 5.41 Å². The summed E-state index contributed by atoms with van der Waals surface area (Å²) in [5.41, 5.74) is 11.9.